The molecule has 6 N–H and O–H groups in total. The molecule has 0 bridgehead atoms. The third-order valence-electron chi connectivity index (χ3n) is 8.69. The van der Waals surface area contributed by atoms with Crippen LogP contribution in [0.5, 0.6) is 0 Å². The van der Waals surface area contributed by atoms with Crippen molar-refractivity contribution in [2.75, 3.05) is 36.9 Å². The Kier molecular flexibility index (Phi) is 19.3. The number of nitrogens with zero attached hydrogens (tertiary/aromatic N) is 3. The molecule has 1 unspecified atom stereocenters. The van der Waals surface area contributed by atoms with Crippen molar-refractivity contribution in [3.8, 4) is 0 Å². The zero-order valence-electron chi connectivity index (χ0n) is 29.6. The highest BCUT2D eigenvalue weighted by atomic mass is 32.2. The van der Waals surface area contributed by atoms with E-state index in [9.17, 15) is 9.59 Å². The van der Waals surface area contributed by atoms with Crippen molar-refractivity contribution in [1.29, 1.82) is 0 Å². The SMILES string of the molecule is CCCCCCCCCCCCCCCC(=O)OCCSCC(N)C(=O)NCCCn1c(CNCC)nc2c(N)nc3ccccc3c21. The van der Waals surface area contributed by atoms with Crippen molar-refractivity contribution in [3.05, 3.63) is 30.1 Å². The number of thioether (sulfide) groups is 1. The summed E-state index contributed by atoms with van der Waals surface area (Å²) in [6, 6.07) is 7.32. The van der Waals surface area contributed by atoms with Crippen LogP contribution < -0.4 is 22.1 Å². The lowest BCUT2D eigenvalue weighted by molar-refractivity contribution is -0.143. The van der Waals surface area contributed by atoms with E-state index >= 15 is 0 Å². The van der Waals surface area contributed by atoms with Crippen LogP contribution >= 0.6 is 11.8 Å². The zero-order chi connectivity index (χ0) is 34.4. The minimum Gasteiger partial charge on any atom is -0.465 e. The van der Waals surface area contributed by atoms with Crippen molar-refractivity contribution in [2.24, 2.45) is 5.73 Å². The largest absolute Gasteiger partial charge is 0.465 e. The first kappa shape index (κ1) is 39.5. The Labute approximate surface area is 292 Å². The van der Waals surface area contributed by atoms with Crippen LogP contribution in [0.25, 0.3) is 21.9 Å². The molecule has 0 spiro atoms. The number of benzene rings is 1. The number of carbonyl (C=O) groups excluding carboxylic acids is 2. The number of hydrogen-bond acceptors (Lipinski definition) is 9. The first-order valence-electron chi connectivity index (χ1n) is 18.5. The summed E-state index contributed by atoms with van der Waals surface area (Å²) in [4.78, 5) is 34.1. The van der Waals surface area contributed by atoms with Crippen LogP contribution in [-0.4, -0.2) is 63.7 Å². The molecule has 0 aliphatic carbocycles. The minimum atomic E-state index is -0.621. The summed E-state index contributed by atoms with van der Waals surface area (Å²) in [7, 11) is 0. The van der Waals surface area contributed by atoms with Gasteiger partial charge in [0.15, 0.2) is 5.82 Å². The maximum atomic E-state index is 12.6. The third kappa shape index (κ3) is 13.9. The molecular weight excluding hydrogens is 623 g/mol. The van der Waals surface area contributed by atoms with Crippen LogP contribution in [0.4, 0.5) is 5.82 Å². The number of aryl methyl sites for hydroxylation is 1. The Morgan fingerprint density at radius 2 is 1.58 bits per heavy atom. The lowest BCUT2D eigenvalue weighted by Crippen LogP contribution is -2.42. The first-order valence-corrected chi connectivity index (χ1v) is 19.6. The predicted octanol–water partition coefficient (Wildman–Crippen LogP) is 6.87. The Morgan fingerprint density at radius 3 is 2.27 bits per heavy atom. The second-order valence-corrected chi connectivity index (χ2v) is 13.9. The summed E-state index contributed by atoms with van der Waals surface area (Å²) in [5, 5.41) is 7.34. The quantitative estimate of drug-likeness (QED) is 0.0499. The number of pyridine rings is 1. The molecule has 1 atom stereocenters. The number of hydrogen-bond donors (Lipinski definition) is 4. The van der Waals surface area contributed by atoms with Crippen LogP contribution in [0.1, 0.15) is 116 Å². The average molecular weight is 684 g/mol. The summed E-state index contributed by atoms with van der Waals surface area (Å²) in [5.74, 6) is 2.10. The highest BCUT2D eigenvalue weighted by Gasteiger charge is 2.18. The summed E-state index contributed by atoms with van der Waals surface area (Å²) in [6.07, 6.45) is 17.9. The zero-order valence-corrected chi connectivity index (χ0v) is 30.4. The molecule has 3 aromatic rings. The van der Waals surface area contributed by atoms with E-state index < -0.39 is 6.04 Å². The fraction of sp³-hybridized carbons (Fsp3) is 0.676. The van der Waals surface area contributed by atoms with Crippen LogP contribution in [0, 0.1) is 0 Å². The van der Waals surface area contributed by atoms with E-state index in [-0.39, 0.29) is 11.9 Å². The molecule has 0 aliphatic rings. The number of esters is 1. The number of aromatic nitrogens is 3. The van der Waals surface area contributed by atoms with E-state index in [1.54, 1.807) is 0 Å². The van der Waals surface area contributed by atoms with E-state index in [0.717, 1.165) is 41.6 Å². The van der Waals surface area contributed by atoms with E-state index in [4.69, 9.17) is 21.2 Å². The Hall–Kier alpha value is -2.89. The summed E-state index contributed by atoms with van der Waals surface area (Å²) in [6.45, 7) is 7.27. The van der Waals surface area contributed by atoms with Gasteiger partial charge in [-0.15, -0.1) is 0 Å². The van der Waals surface area contributed by atoms with Crippen molar-refractivity contribution in [3.63, 3.8) is 0 Å². The molecule has 0 fully saturated rings. The van der Waals surface area contributed by atoms with Gasteiger partial charge in [-0.1, -0.05) is 109 Å². The predicted molar refractivity (Wildman–Crippen MR) is 201 cm³/mol. The second kappa shape index (κ2) is 23.5. The van der Waals surface area contributed by atoms with E-state index in [2.05, 4.69) is 34.0 Å². The van der Waals surface area contributed by atoms with Crippen molar-refractivity contribution >= 4 is 51.4 Å². The number of para-hydroxylation sites is 1. The number of amides is 1. The summed E-state index contributed by atoms with van der Waals surface area (Å²) in [5.41, 5.74) is 14.9. The van der Waals surface area contributed by atoms with Gasteiger partial charge in [-0.25, -0.2) is 9.97 Å². The molecule has 48 heavy (non-hydrogen) atoms. The van der Waals surface area contributed by atoms with Gasteiger partial charge < -0.3 is 31.4 Å². The molecule has 268 valence electrons. The molecule has 0 aliphatic heterocycles. The Balaban J connectivity index is 1.24. The van der Waals surface area contributed by atoms with Gasteiger partial charge in [-0.3, -0.25) is 9.59 Å². The number of fused-ring (bicyclic) bond motifs is 3. The van der Waals surface area contributed by atoms with Gasteiger partial charge in [-0.2, -0.15) is 11.8 Å². The van der Waals surface area contributed by atoms with Gasteiger partial charge in [0, 0.05) is 36.4 Å². The van der Waals surface area contributed by atoms with Gasteiger partial charge in [0.2, 0.25) is 5.91 Å². The molecule has 0 saturated heterocycles. The van der Waals surface area contributed by atoms with Crippen molar-refractivity contribution < 1.29 is 14.3 Å². The minimum absolute atomic E-state index is 0.132. The number of nitrogen functional groups attached to an aromatic ring is 1. The topological polar surface area (TPSA) is 150 Å². The number of rotatable bonds is 27. The van der Waals surface area contributed by atoms with Gasteiger partial charge in [0.1, 0.15) is 17.9 Å². The van der Waals surface area contributed by atoms with E-state index in [0.29, 0.717) is 61.9 Å². The molecule has 2 heterocycles. The van der Waals surface area contributed by atoms with Crippen LogP contribution in [-0.2, 0) is 27.4 Å². The number of carbonyl (C=O) groups is 2. The van der Waals surface area contributed by atoms with Gasteiger partial charge in [0.25, 0.3) is 0 Å². The molecule has 0 saturated carbocycles. The smallest absolute Gasteiger partial charge is 0.305 e. The fourth-order valence-corrected chi connectivity index (χ4v) is 6.73. The van der Waals surface area contributed by atoms with Crippen LogP contribution in [0.3, 0.4) is 0 Å². The molecule has 3 rings (SSSR count). The number of ether oxygens (including phenoxy) is 1. The Bertz CT molecular complexity index is 1370. The number of nitrogens with two attached hydrogens (primary N) is 2. The maximum Gasteiger partial charge on any atom is 0.305 e. The van der Waals surface area contributed by atoms with Crippen LogP contribution in [0.15, 0.2) is 24.3 Å². The molecule has 2 aromatic heterocycles. The highest BCUT2D eigenvalue weighted by molar-refractivity contribution is 7.99. The summed E-state index contributed by atoms with van der Waals surface area (Å²) >= 11 is 1.53. The average Bonchev–Trinajstić information content (AvgIpc) is 3.46. The lowest BCUT2D eigenvalue weighted by atomic mass is 10.0. The monoisotopic (exact) mass is 683 g/mol. The molecule has 11 heteroatoms. The lowest BCUT2D eigenvalue weighted by Gasteiger charge is -2.14. The summed E-state index contributed by atoms with van der Waals surface area (Å²) < 4.78 is 7.56. The molecule has 1 aromatic carbocycles. The van der Waals surface area contributed by atoms with Gasteiger partial charge in [-0.05, 0) is 25.5 Å². The van der Waals surface area contributed by atoms with Crippen molar-refractivity contribution in [1.82, 2.24) is 25.2 Å². The van der Waals surface area contributed by atoms with Gasteiger partial charge >= 0.3 is 5.97 Å². The number of anilines is 1. The van der Waals surface area contributed by atoms with Gasteiger partial charge in [0.05, 0.1) is 23.6 Å². The number of unbranched alkanes of at least 4 members (excludes halogenated alkanes) is 12. The molecule has 10 nitrogen and oxygen atoms in total. The fourth-order valence-electron chi connectivity index (χ4n) is 5.96. The highest BCUT2D eigenvalue weighted by Crippen LogP contribution is 2.29. The van der Waals surface area contributed by atoms with E-state index in [1.807, 2.05) is 24.3 Å². The third-order valence-corrected chi connectivity index (χ3v) is 9.74. The normalized spacial score (nSPS) is 12.1. The number of imidazole rings is 1. The second-order valence-electron chi connectivity index (χ2n) is 12.7. The van der Waals surface area contributed by atoms with Crippen LogP contribution in [0.2, 0.25) is 0 Å². The Morgan fingerprint density at radius 1 is 0.917 bits per heavy atom. The molecule has 0 radical (unpaired) electrons. The molecule has 1 amide bonds. The standard InChI is InChI=1S/C37H61N7O3S/c1-3-5-6-7-8-9-10-11-12-13-14-15-16-22-33(45)47-25-26-48-28-30(38)37(46)41-23-19-24-44-32(27-40-4-2)43-34-35(44)29-20-17-18-21-31(29)42-36(34)39/h17-18,20-21,30,40H,3-16,19,22-28,38H2,1-2H3,(H2,39,42)(H,41,46). The first-order chi connectivity index (χ1) is 23.5. The van der Waals surface area contributed by atoms with Crippen molar-refractivity contribution in [2.45, 2.75) is 129 Å². The number of nitrogens with one attached hydrogen (secondary N) is 2. The molecular formula is C37H61N7O3S. The maximum absolute atomic E-state index is 12.6. The van der Waals surface area contributed by atoms with E-state index in [1.165, 1.54) is 82.4 Å².